The molecule has 0 bridgehead atoms. The number of hydrogen-bond donors (Lipinski definition) is 1. The highest BCUT2D eigenvalue weighted by Crippen LogP contribution is 2.40. The predicted molar refractivity (Wildman–Crippen MR) is 73.7 cm³/mol. The summed E-state index contributed by atoms with van der Waals surface area (Å²) in [6.45, 7) is 1.31. The minimum atomic E-state index is -0.723. The lowest BCUT2D eigenvalue weighted by Crippen LogP contribution is -2.31. The molecule has 1 amide bonds. The van der Waals surface area contributed by atoms with Crippen molar-refractivity contribution in [2.45, 2.75) is 13.0 Å². The van der Waals surface area contributed by atoms with Crippen molar-refractivity contribution in [1.29, 1.82) is 0 Å². The molecule has 8 nitrogen and oxygen atoms in total. The normalized spacial score (nSPS) is 18.7. The van der Waals surface area contributed by atoms with E-state index in [1.165, 1.54) is 28.0 Å². The SMILES string of the molecule is CC(=O)C1=C(O)C(=O)N(c2nnn(C)n2)[C@@H]1c1cccs1. The van der Waals surface area contributed by atoms with Gasteiger partial charge in [-0.15, -0.1) is 16.4 Å². The number of carbonyl (C=O) groups excluding carboxylic acids is 2. The molecule has 0 saturated heterocycles. The minimum absolute atomic E-state index is 0.0451. The fourth-order valence-corrected chi connectivity index (χ4v) is 3.08. The second-order valence-corrected chi connectivity index (χ2v) is 5.47. The van der Waals surface area contributed by atoms with Crippen LogP contribution in [0.15, 0.2) is 28.8 Å². The molecular formula is C12H11N5O3S. The summed E-state index contributed by atoms with van der Waals surface area (Å²) < 4.78 is 0. The Bertz CT molecular complexity index is 749. The van der Waals surface area contributed by atoms with Gasteiger partial charge in [0.15, 0.2) is 11.5 Å². The molecule has 2 aromatic rings. The van der Waals surface area contributed by atoms with Crippen LogP contribution in [0.5, 0.6) is 0 Å². The molecule has 0 saturated carbocycles. The average Bonchev–Trinajstić information content (AvgIpc) is 3.11. The fraction of sp³-hybridized carbons (Fsp3) is 0.250. The Balaban J connectivity index is 2.16. The van der Waals surface area contributed by atoms with Crippen LogP contribution in [0.2, 0.25) is 0 Å². The lowest BCUT2D eigenvalue weighted by Gasteiger charge is -2.21. The molecule has 3 heterocycles. The first kappa shape index (κ1) is 13.4. The number of anilines is 1. The molecule has 0 aromatic carbocycles. The van der Waals surface area contributed by atoms with Gasteiger partial charge in [0.25, 0.3) is 11.9 Å². The van der Waals surface area contributed by atoms with Gasteiger partial charge in [0.1, 0.15) is 6.04 Å². The Morgan fingerprint density at radius 2 is 2.24 bits per heavy atom. The molecule has 21 heavy (non-hydrogen) atoms. The number of aliphatic hydroxyl groups is 1. The van der Waals surface area contributed by atoms with Gasteiger partial charge in [0.05, 0.1) is 12.6 Å². The van der Waals surface area contributed by atoms with Gasteiger partial charge in [0.2, 0.25) is 0 Å². The van der Waals surface area contributed by atoms with E-state index in [1.807, 2.05) is 5.38 Å². The van der Waals surface area contributed by atoms with Gasteiger partial charge in [0, 0.05) is 4.88 Å². The number of thiophene rings is 1. The summed E-state index contributed by atoms with van der Waals surface area (Å²) in [5.41, 5.74) is 0.0508. The van der Waals surface area contributed by atoms with E-state index in [2.05, 4.69) is 15.4 Å². The molecule has 0 unspecified atom stereocenters. The zero-order chi connectivity index (χ0) is 15.1. The first-order chi connectivity index (χ1) is 10.0. The Hall–Kier alpha value is -2.55. The molecule has 1 aliphatic rings. The van der Waals surface area contributed by atoms with Crippen LogP contribution >= 0.6 is 11.3 Å². The molecule has 1 aliphatic heterocycles. The van der Waals surface area contributed by atoms with E-state index in [0.717, 1.165) is 4.88 Å². The monoisotopic (exact) mass is 305 g/mol. The largest absolute Gasteiger partial charge is 0.503 e. The van der Waals surface area contributed by atoms with Crippen LogP contribution in [0, 0.1) is 0 Å². The van der Waals surface area contributed by atoms with Gasteiger partial charge in [-0.1, -0.05) is 11.2 Å². The number of ketones is 1. The van der Waals surface area contributed by atoms with Crippen molar-refractivity contribution in [3.8, 4) is 0 Å². The third-order valence-electron chi connectivity index (χ3n) is 3.11. The van der Waals surface area contributed by atoms with Gasteiger partial charge in [-0.05, 0) is 23.6 Å². The first-order valence-corrected chi connectivity index (χ1v) is 6.93. The van der Waals surface area contributed by atoms with E-state index in [9.17, 15) is 14.7 Å². The molecule has 0 spiro atoms. The van der Waals surface area contributed by atoms with Gasteiger partial charge in [-0.25, -0.2) is 0 Å². The van der Waals surface area contributed by atoms with Crippen molar-refractivity contribution in [3.05, 3.63) is 33.7 Å². The van der Waals surface area contributed by atoms with Crippen LogP contribution < -0.4 is 4.90 Å². The molecule has 0 fully saturated rings. The van der Waals surface area contributed by atoms with Crippen molar-refractivity contribution in [2.75, 3.05) is 4.90 Å². The summed E-state index contributed by atoms with van der Waals surface area (Å²) in [5.74, 6) is -1.59. The molecule has 9 heteroatoms. The van der Waals surface area contributed by atoms with Crippen molar-refractivity contribution >= 4 is 29.0 Å². The summed E-state index contributed by atoms with van der Waals surface area (Å²) in [4.78, 5) is 27.3. The molecule has 0 aliphatic carbocycles. The first-order valence-electron chi connectivity index (χ1n) is 6.05. The quantitative estimate of drug-likeness (QED) is 0.898. The van der Waals surface area contributed by atoms with E-state index in [1.54, 1.807) is 19.2 Å². The topological polar surface area (TPSA) is 101 Å². The van der Waals surface area contributed by atoms with Crippen molar-refractivity contribution in [2.24, 2.45) is 7.05 Å². The molecule has 2 aromatic heterocycles. The van der Waals surface area contributed by atoms with E-state index in [-0.39, 0.29) is 17.3 Å². The van der Waals surface area contributed by atoms with Crippen molar-refractivity contribution < 1.29 is 14.7 Å². The summed E-state index contributed by atoms with van der Waals surface area (Å²) in [7, 11) is 1.57. The van der Waals surface area contributed by atoms with E-state index >= 15 is 0 Å². The van der Waals surface area contributed by atoms with Crippen LogP contribution in [0.25, 0.3) is 0 Å². The molecule has 108 valence electrons. The molecule has 0 radical (unpaired) electrons. The summed E-state index contributed by atoms with van der Waals surface area (Å²) >= 11 is 1.38. The molecular weight excluding hydrogens is 294 g/mol. The summed E-state index contributed by atoms with van der Waals surface area (Å²) in [5, 5.41) is 23.3. The van der Waals surface area contributed by atoms with Crippen LogP contribution in [0.3, 0.4) is 0 Å². The predicted octanol–water partition coefficient (Wildman–Crippen LogP) is 0.761. The minimum Gasteiger partial charge on any atom is -0.503 e. The van der Waals surface area contributed by atoms with Gasteiger partial charge < -0.3 is 5.11 Å². The van der Waals surface area contributed by atoms with E-state index in [0.29, 0.717) is 0 Å². The maximum Gasteiger partial charge on any atom is 0.296 e. The number of aromatic nitrogens is 4. The Labute approximate surface area is 123 Å². The number of carbonyl (C=O) groups is 2. The van der Waals surface area contributed by atoms with E-state index < -0.39 is 17.7 Å². The van der Waals surface area contributed by atoms with Crippen LogP contribution in [-0.2, 0) is 16.6 Å². The fourth-order valence-electron chi connectivity index (χ4n) is 2.26. The third-order valence-corrected chi connectivity index (χ3v) is 4.04. The zero-order valence-corrected chi connectivity index (χ0v) is 12.0. The maximum absolute atomic E-state index is 12.3. The van der Waals surface area contributed by atoms with Gasteiger partial charge in [-0.3, -0.25) is 14.5 Å². The van der Waals surface area contributed by atoms with Crippen LogP contribution in [0.1, 0.15) is 17.8 Å². The zero-order valence-electron chi connectivity index (χ0n) is 11.2. The lowest BCUT2D eigenvalue weighted by atomic mass is 10.0. The van der Waals surface area contributed by atoms with Gasteiger partial charge in [-0.2, -0.15) is 4.80 Å². The van der Waals surface area contributed by atoms with Crippen LogP contribution in [0.4, 0.5) is 5.95 Å². The standard InChI is InChI=1S/C12H11N5O3S/c1-6(18)8-9(7-4-3-5-21-7)17(11(20)10(8)19)12-13-15-16(2)14-12/h3-5,9,19H,1-2H3/t9-/m1/s1. The number of aliphatic hydroxyl groups excluding tert-OH is 1. The number of rotatable bonds is 3. The highest BCUT2D eigenvalue weighted by atomic mass is 32.1. The highest BCUT2D eigenvalue weighted by molar-refractivity contribution is 7.10. The second kappa shape index (κ2) is 4.77. The number of tetrazole rings is 1. The highest BCUT2D eigenvalue weighted by Gasteiger charge is 2.45. The number of amides is 1. The summed E-state index contributed by atoms with van der Waals surface area (Å²) in [6, 6.07) is 2.87. The summed E-state index contributed by atoms with van der Waals surface area (Å²) in [6.07, 6.45) is 0. The van der Waals surface area contributed by atoms with Crippen molar-refractivity contribution in [3.63, 3.8) is 0 Å². The average molecular weight is 305 g/mol. The lowest BCUT2D eigenvalue weighted by molar-refractivity contribution is -0.117. The Morgan fingerprint density at radius 1 is 1.48 bits per heavy atom. The number of hydrogen-bond acceptors (Lipinski definition) is 7. The Morgan fingerprint density at radius 3 is 2.76 bits per heavy atom. The third kappa shape index (κ3) is 2.02. The molecule has 1 N–H and O–H groups in total. The smallest absolute Gasteiger partial charge is 0.296 e. The van der Waals surface area contributed by atoms with E-state index in [4.69, 9.17) is 0 Å². The number of aryl methyl sites for hydroxylation is 1. The van der Waals surface area contributed by atoms with Crippen LogP contribution in [-0.4, -0.2) is 37.0 Å². The number of Topliss-reactive ketones (excluding diaryl/α,β-unsaturated/α-hetero) is 1. The van der Waals surface area contributed by atoms with Gasteiger partial charge >= 0.3 is 0 Å². The second-order valence-electron chi connectivity index (χ2n) is 4.49. The molecule has 1 atom stereocenters. The molecule has 3 rings (SSSR count). The Kier molecular flexibility index (Phi) is 3.05. The maximum atomic E-state index is 12.3. The number of nitrogens with zero attached hydrogens (tertiary/aromatic N) is 5. The van der Waals surface area contributed by atoms with Crippen molar-refractivity contribution in [1.82, 2.24) is 20.2 Å².